The van der Waals surface area contributed by atoms with Crippen molar-refractivity contribution in [1.29, 1.82) is 0 Å². The second-order valence-electron chi connectivity index (χ2n) is 8.94. The molecule has 2 aromatic rings. The summed E-state index contributed by atoms with van der Waals surface area (Å²) in [4.78, 5) is 5.23. The minimum Gasteiger partial charge on any atom is -0.298 e. The number of piperidine rings is 2. The third-order valence-corrected chi connectivity index (χ3v) is 6.46. The van der Waals surface area contributed by atoms with E-state index in [0.29, 0.717) is 12.1 Å². The van der Waals surface area contributed by atoms with Gasteiger partial charge >= 0.3 is 0 Å². The predicted molar refractivity (Wildman–Crippen MR) is 104 cm³/mol. The first-order valence-electron chi connectivity index (χ1n) is 9.43. The molecule has 2 saturated heterocycles. The first-order chi connectivity index (χ1) is 11.9. The number of fused-ring (bicyclic) bond motifs is 2. The fraction of sp³-hybridized carbons (Fsp3) is 0.478. The van der Waals surface area contributed by atoms with Crippen LogP contribution < -0.4 is 0 Å². The quantitative estimate of drug-likeness (QED) is 0.781. The van der Waals surface area contributed by atoms with Crippen molar-refractivity contribution < 1.29 is 0 Å². The van der Waals surface area contributed by atoms with E-state index in [0.717, 1.165) is 13.1 Å². The van der Waals surface area contributed by atoms with Crippen molar-refractivity contribution in [3.63, 3.8) is 0 Å². The molecule has 0 saturated carbocycles. The van der Waals surface area contributed by atoms with Gasteiger partial charge in [0.2, 0.25) is 0 Å². The van der Waals surface area contributed by atoms with Crippen molar-refractivity contribution in [2.75, 3.05) is 27.2 Å². The van der Waals surface area contributed by atoms with Crippen LogP contribution in [0.25, 0.3) is 0 Å². The Morgan fingerprint density at radius 1 is 0.680 bits per heavy atom. The summed E-state index contributed by atoms with van der Waals surface area (Å²) >= 11 is 0. The van der Waals surface area contributed by atoms with Crippen molar-refractivity contribution >= 4 is 0 Å². The first-order valence-corrected chi connectivity index (χ1v) is 9.43. The molecule has 0 N–H and O–H groups in total. The molecule has 2 aliphatic rings. The Morgan fingerprint density at radius 2 is 1.04 bits per heavy atom. The average Bonchev–Trinajstić information content (AvgIpc) is 2.54. The zero-order valence-electron chi connectivity index (χ0n) is 15.9. The maximum Gasteiger partial charge on any atom is 0.0411 e. The van der Waals surface area contributed by atoms with Crippen molar-refractivity contribution in [1.82, 2.24) is 9.80 Å². The summed E-state index contributed by atoms with van der Waals surface area (Å²) in [6, 6.07) is 23.2. The average molecular weight is 335 g/mol. The first kappa shape index (κ1) is 16.8. The van der Waals surface area contributed by atoms with Crippen molar-refractivity contribution in [3.8, 4) is 0 Å². The summed E-state index contributed by atoms with van der Waals surface area (Å²) in [6.07, 6.45) is 1.27. The Hall–Kier alpha value is -1.64. The van der Waals surface area contributed by atoms with Crippen LogP contribution in [-0.2, 0) is 0 Å². The third-order valence-electron chi connectivity index (χ3n) is 6.46. The smallest absolute Gasteiger partial charge is 0.0411 e. The zero-order valence-corrected chi connectivity index (χ0v) is 15.9. The highest BCUT2D eigenvalue weighted by atomic mass is 15.2. The Bertz CT molecular complexity index is 665. The number of hydrogen-bond donors (Lipinski definition) is 0. The highest BCUT2D eigenvalue weighted by Crippen LogP contribution is 2.60. The van der Waals surface area contributed by atoms with Crippen LogP contribution in [-0.4, -0.2) is 37.0 Å². The van der Waals surface area contributed by atoms with Gasteiger partial charge < -0.3 is 0 Å². The molecular weight excluding hydrogens is 304 g/mol. The Morgan fingerprint density at radius 3 is 1.40 bits per heavy atom. The van der Waals surface area contributed by atoms with Crippen molar-refractivity contribution in [2.24, 2.45) is 10.8 Å². The van der Waals surface area contributed by atoms with Gasteiger partial charge in [0.25, 0.3) is 0 Å². The van der Waals surface area contributed by atoms with Gasteiger partial charge in [0.1, 0.15) is 0 Å². The lowest BCUT2D eigenvalue weighted by atomic mass is 9.57. The molecule has 2 fully saturated rings. The Kier molecular flexibility index (Phi) is 4.01. The highest BCUT2D eigenvalue weighted by molar-refractivity contribution is 5.28. The molecule has 4 atom stereocenters. The van der Waals surface area contributed by atoms with Gasteiger partial charge in [-0.25, -0.2) is 0 Å². The minimum atomic E-state index is 0.267. The molecule has 0 aliphatic carbocycles. The van der Waals surface area contributed by atoms with Gasteiger partial charge in [-0.1, -0.05) is 74.5 Å². The number of nitrogens with zero attached hydrogens (tertiary/aromatic N) is 2. The summed E-state index contributed by atoms with van der Waals surface area (Å²) < 4.78 is 0. The standard InChI is InChI=1S/C23H30N2/c1-22-15-23(2,17-25(4)20(22)18-11-7-5-8-12-18)21(24(3)16-22)19-13-9-6-10-14-19/h5-14,20-21H,15-17H2,1-4H3/t20-,21-,22+,23+/m0/s1. The van der Waals surface area contributed by atoms with Gasteiger partial charge in [0.15, 0.2) is 0 Å². The van der Waals surface area contributed by atoms with Crippen LogP contribution in [0.2, 0.25) is 0 Å². The maximum absolute atomic E-state index is 2.61. The van der Waals surface area contributed by atoms with E-state index in [1.54, 1.807) is 0 Å². The molecule has 2 heteroatoms. The monoisotopic (exact) mass is 334 g/mol. The SMILES string of the molecule is CN1C[C@@]2(C)C[C@](C)(CN(C)[C@H]2c2ccccc2)[C@@H]1c1ccccc1. The molecule has 2 bridgehead atoms. The molecule has 4 rings (SSSR count). The molecule has 0 unspecified atom stereocenters. The van der Waals surface area contributed by atoms with Crippen molar-refractivity contribution in [3.05, 3.63) is 71.8 Å². The third kappa shape index (κ3) is 2.72. The predicted octanol–water partition coefficient (Wildman–Crippen LogP) is 4.76. The number of rotatable bonds is 2. The summed E-state index contributed by atoms with van der Waals surface area (Å²) in [5, 5.41) is 0. The van der Waals surface area contributed by atoms with E-state index in [-0.39, 0.29) is 10.8 Å². The van der Waals surface area contributed by atoms with Crippen molar-refractivity contribution in [2.45, 2.75) is 32.4 Å². The fourth-order valence-electron chi connectivity index (χ4n) is 6.37. The lowest BCUT2D eigenvalue weighted by Gasteiger charge is -2.63. The molecule has 0 amide bonds. The number of likely N-dealkylation sites (tertiary alicyclic amines) is 2. The zero-order chi connectivity index (χ0) is 17.7. The van der Waals surface area contributed by atoms with E-state index >= 15 is 0 Å². The van der Waals surface area contributed by atoms with E-state index in [1.165, 1.54) is 17.5 Å². The van der Waals surface area contributed by atoms with E-state index < -0.39 is 0 Å². The van der Waals surface area contributed by atoms with Gasteiger partial charge in [-0.3, -0.25) is 9.80 Å². The molecule has 0 aromatic heterocycles. The lowest BCUT2D eigenvalue weighted by molar-refractivity contribution is -0.133. The van der Waals surface area contributed by atoms with E-state index in [9.17, 15) is 0 Å². The molecule has 25 heavy (non-hydrogen) atoms. The topological polar surface area (TPSA) is 6.48 Å². The summed E-state index contributed by atoms with van der Waals surface area (Å²) in [5.41, 5.74) is 3.45. The lowest BCUT2D eigenvalue weighted by Crippen LogP contribution is -2.62. The minimum absolute atomic E-state index is 0.267. The number of hydrogen-bond acceptors (Lipinski definition) is 2. The van der Waals surface area contributed by atoms with Crippen LogP contribution in [0.3, 0.4) is 0 Å². The van der Waals surface area contributed by atoms with Gasteiger partial charge in [-0.05, 0) is 31.6 Å². The maximum atomic E-state index is 2.61. The van der Waals surface area contributed by atoms with E-state index in [2.05, 4.69) is 98.4 Å². The van der Waals surface area contributed by atoms with Crippen LogP contribution in [0.5, 0.6) is 0 Å². The van der Waals surface area contributed by atoms with Gasteiger partial charge in [0, 0.05) is 36.0 Å². The van der Waals surface area contributed by atoms with Gasteiger partial charge in [-0.15, -0.1) is 0 Å². The Labute approximate surface area is 152 Å². The fourth-order valence-corrected chi connectivity index (χ4v) is 6.37. The molecule has 0 spiro atoms. The molecule has 0 radical (unpaired) electrons. The summed E-state index contributed by atoms with van der Waals surface area (Å²) in [7, 11) is 4.64. The van der Waals surface area contributed by atoms with Crippen LogP contribution >= 0.6 is 0 Å². The molecule has 132 valence electrons. The van der Waals surface area contributed by atoms with Crippen LogP contribution in [0.1, 0.15) is 43.5 Å². The molecular formula is C23H30N2. The second kappa shape index (κ2) is 5.96. The highest BCUT2D eigenvalue weighted by Gasteiger charge is 2.56. The normalized spacial score (nSPS) is 36.3. The largest absolute Gasteiger partial charge is 0.298 e. The van der Waals surface area contributed by atoms with Gasteiger partial charge in [-0.2, -0.15) is 0 Å². The van der Waals surface area contributed by atoms with Gasteiger partial charge in [0.05, 0.1) is 0 Å². The van der Waals surface area contributed by atoms with Crippen LogP contribution in [0.4, 0.5) is 0 Å². The van der Waals surface area contributed by atoms with Crippen LogP contribution in [0, 0.1) is 10.8 Å². The molecule has 2 heterocycles. The second-order valence-corrected chi connectivity index (χ2v) is 8.94. The van der Waals surface area contributed by atoms with E-state index in [4.69, 9.17) is 0 Å². The van der Waals surface area contributed by atoms with Crippen LogP contribution in [0.15, 0.2) is 60.7 Å². The molecule has 2 nitrogen and oxygen atoms in total. The Balaban J connectivity index is 1.74. The summed E-state index contributed by atoms with van der Waals surface area (Å²) in [6.45, 7) is 7.25. The molecule has 2 aliphatic heterocycles. The summed E-state index contributed by atoms with van der Waals surface area (Å²) in [5.74, 6) is 0. The number of benzene rings is 2. The molecule has 2 aromatic carbocycles. The van der Waals surface area contributed by atoms with E-state index in [1.807, 2.05) is 0 Å².